The summed E-state index contributed by atoms with van der Waals surface area (Å²) in [5.41, 5.74) is 0.366. The number of urea groups is 1. The van der Waals surface area contributed by atoms with Crippen LogP contribution in [0.1, 0.15) is 20.3 Å². The minimum absolute atomic E-state index is 0.0361. The van der Waals surface area contributed by atoms with Gasteiger partial charge in [0, 0.05) is 11.7 Å². The van der Waals surface area contributed by atoms with E-state index in [1.54, 1.807) is 0 Å². The molecule has 3 N–H and O–H groups in total. The molecule has 0 aromatic heterocycles. The SMILES string of the molecule is CCC(C)NC(=O)NCC(=O)Nc1ccc(F)c(Cl)c1. The number of anilines is 1. The maximum Gasteiger partial charge on any atom is 0.315 e. The molecule has 1 aromatic carbocycles. The minimum Gasteiger partial charge on any atom is -0.336 e. The van der Waals surface area contributed by atoms with Crippen LogP contribution in [0.4, 0.5) is 14.9 Å². The first-order chi connectivity index (χ1) is 9.42. The maximum absolute atomic E-state index is 12.9. The molecule has 0 spiro atoms. The Labute approximate surface area is 121 Å². The van der Waals surface area contributed by atoms with E-state index in [0.717, 1.165) is 12.5 Å². The summed E-state index contributed by atoms with van der Waals surface area (Å²) >= 11 is 5.59. The maximum atomic E-state index is 12.9. The Morgan fingerprint density at radius 1 is 1.40 bits per heavy atom. The Hall–Kier alpha value is -1.82. The number of halogens is 2. The van der Waals surface area contributed by atoms with Crippen molar-refractivity contribution < 1.29 is 14.0 Å². The highest BCUT2D eigenvalue weighted by Gasteiger charge is 2.08. The van der Waals surface area contributed by atoms with E-state index in [1.807, 2.05) is 13.8 Å². The summed E-state index contributed by atoms with van der Waals surface area (Å²) < 4.78 is 12.9. The summed E-state index contributed by atoms with van der Waals surface area (Å²) in [6, 6.07) is 3.47. The molecular weight excluding hydrogens is 285 g/mol. The largest absolute Gasteiger partial charge is 0.336 e. The predicted molar refractivity (Wildman–Crippen MR) is 76.3 cm³/mol. The van der Waals surface area contributed by atoms with Gasteiger partial charge in [-0.15, -0.1) is 0 Å². The molecule has 1 rings (SSSR count). The standard InChI is InChI=1S/C13H17ClFN3O2/c1-3-8(2)17-13(20)16-7-12(19)18-9-4-5-11(15)10(14)6-9/h4-6,8H,3,7H2,1-2H3,(H,18,19)(H2,16,17,20). The van der Waals surface area contributed by atoms with Crippen molar-refractivity contribution in [3.63, 3.8) is 0 Å². The van der Waals surface area contributed by atoms with Gasteiger partial charge in [0.25, 0.3) is 0 Å². The molecule has 0 saturated heterocycles. The number of rotatable bonds is 5. The van der Waals surface area contributed by atoms with Gasteiger partial charge < -0.3 is 16.0 Å². The minimum atomic E-state index is -0.560. The fraction of sp³-hybridized carbons (Fsp3) is 0.385. The van der Waals surface area contributed by atoms with Crippen molar-refractivity contribution in [3.8, 4) is 0 Å². The number of carbonyl (C=O) groups is 2. The summed E-state index contributed by atoms with van der Waals surface area (Å²) in [7, 11) is 0. The van der Waals surface area contributed by atoms with E-state index >= 15 is 0 Å². The first-order valence-corrected chi connectivity index (χ1v) is 6.59. The zero-order chi connectivity index (χ0) is 15.1. The molecule has 20 heavy (non-hydrogen) atoms. The van der Waals surface area contributed by atoms with E-state index in [4.69, 9.17) is 11.6 Å². The number of hydrogen-bond donors (Lipinski definition) is 3. The molecule has 3 amide bonds. The molecule has 5 nitrogen and oxygen atoms in total. The highest BCUT2D eigenvalue weighted by molar-refractivity contribution is 6.31. The molecule has 110 valence electrons. The van der Waals surface area contributed by atoms with Crippen molar-refractivity contribution in [1.82, 2.24) is 10.6 Å². The Morgan fingerprint density at radius 2 is 2.10 bits per heavy atom. The van der Waals surface area contributed by atoms with Crippen molar-refractivity contribution in [2.24, 2.45) is 0 Å². The second-order valence-corrected chi connectivity index (χ2v) is 4.72. The van der Waals surface area contributed by atoms with E-state index in [1.165, 1.54) is 12.1 Å². The Morgan fingerprint density at radius 3 is 2.70 bits per heavy atom. The van der Waals surface area contributed by atoms with E-state index in [0.29, 0.717) is 5.69 Å². The molecule has 7 heteroatoms. The molecule has 0 saturated carbocycles. The van der Waals surface area contributed by atoms with Gasteiger partial charge in [-0.25, -0.2) is 9.18 Å². The second kappa shape index (κ2) is 7.69. The van der Waals surface area contributed by atoms with Crippen LogP contribution in [-0.4, -0.2) is 24.5 Å². The summed E-state index contributed by atoms with van der Waals surface area (Å²) in [6.07, 6.45) is 0.799. The number of carbonyl (C=O) groups excluding carboxylic acids is 2. The van der Waals surface area contributed by atoms with Crippen LogP contribution in [-0.2, 0) is 4.79 Å². The van der Waals surface area contributed by atoms with Crippen molar-refractivity contribution in [3.05, 3.63) is 29.0 Å². The van der Waals surface area contributed by atoms with Crippen molar-refractivity contribution >= 4 is 29.2 Å². The van der Waals surface area contributed by atoms with Crippen LogP contribution < -0.4 is 16.0 Å². The lowest BCUT2D eigenvalue weighted by atomic mass is 10.3. The number of nitrogens with one attached hydrogen (secondary N) is 3. The van der Waals surface area contributed by atoms with Gasteiger partial charge in [-0.3, -0.25) is 4.79 Å². The normalized spacial score (nSPS) is 11.6. The van der Waals surface area contributed by atoms with Crippen LogP contribution in [0, 0.1) is 5.82 Å². The first-order valence-electron chi connectivity index (χ1n) is 6.21. The lowest BCUT2D eigenvalue weighted by molar-refractivity contribution is -0.115. The van der Waals surface area contributed by atoms with Gasteiger partial charge in [0.1, 0.15) is 5.82 Å². The third-order valence-corrected chi connectivity index (χ3v) is 2.89. The fourth-order valence-corrected chi connectivity index (χ4v) is 1.50. The van der Waals surface area contributed by atoms with Gasteiger partial charge in [-0.05, 0) is 31.5 Å². The van der Waals surface area contributed by atoms with Crippen LogP contribution in [0.5, 0.6) is 0 Å². The lowest BCUT2D eigenvalue weighted by Crippen LogP contribution is -2.43. The van der Waals surface area contributed by atoms with Gasteiger partial charge in [0.2, 0.25) is 5.91 Å². The molecule has 0 fully saturated rings. The highest BCUT2D eigenvalue weighted by Crippen LogP contribution is 2.19. The van der Waals surface area contributed by atoms with Gasteiger partial charge in [-0.1, -0.05) is 18.5 Å². The molecule has 1 aromatic rings. The van der Waals surface area contributed by atoms with Crippen LogP contribution in [0.2, 0.25) is 5.02 Å². The summed E-state index contributed by atoms with van der Waals surface area (Å²) in [5, 5.41) is 7.51. The van der Waals surface area contributed by atoms with E-state index in [9.17, 15) is 14.0 Å². The topological polar surface area (TPSA) is 70.2 Å². The molecule has 0 radical (unpaired) electrons. The predicted octanol–water partition coefficient (Wildman–Crippen LogP) is 2.52. The number of benzene rings is 1. The molecule has 1 unspecified atom stereocenters. The summed E-state index contributed by atoms with van der Waals surface area (Å²) in [4.78, 5) is 23.0. The quantitative estimate of drug-likeness (QED) is 0.782. The van der Waals surface area contributed by atoms with E-state index < -0.39 is 17.8 Å². The average molecular weight is 302 g/mol. The average Bonchev–Trinajstić information content (AvgIpc) is 2.40. The fourth-order valence-electron chi connectivity index (χ4n) is 1.32. The Kier molecular flexibility index (Phi) is 6.24. The van der Waals surface area contributed by atoms with Crippen molar-refractivity contribution in [2.75, 3.05) is 11.9 Å². The van der Waals surface area contributed by atoms with Crippen LogP contribution in [0.15, 0.2) is 18.2 Å². The van der Waals surface area contributed by atoms with Crippen molar-refractivity contribution in [2.45, 2.75) is 26.3 Å². The third kappa shape index (κ3) is 5.44. The van der Waals surface area contributed by atoms with E-state index in [2.05, 4.69) is 16.0 Å². The molecule has 0 heterocycles. The Bertz CT molecular complexity index is 497. The second-order valence-electron chi connectivity index (χ2n) is 4.31. The molecule has 0 aliphatic heterocycles. The van der Waals surface area contributed by atoms with Gasteiger partial charge in [0.15, 0.2) is 0 Å². The van der Waals surface area contributed by atoms with Gasteiger partial charge in [0.05, 0.1) is 11.6 Å². The zero-order valence-corrected chi connectivity index (χ0v) is 12.1. The molecule has 0 aliphatic carbocycles. The Balaban J connectivity index is 2.40. The number of hydrogen-bond acceptors (Lipinski definition) is 2. The lowest BCUT2D eigenvalue weighted by Gasteiger charge is -2.12. The molecule has 0 bridgehead atoms. The van der Waals surface area contributed by atoms with Crippen molar-refractivity contribution in [1.29, 1.82) is 0 Å². The van der Waals surface area contributed by atoms with Crippen LogP contribution >= 0.6 is 11.6 Å². The monoisotopic (exact) mass is 301 g/mol. The summed E-state index contributed by atoms with van der Waals surface area (Å²) in [6.45, 7) is 3.62. The van der Waals surface area contributed by atoms with Crippen LogP contribution in [0.25, 0.3) is 0 Å². The zero-order valence-electron chi connectivity index (χ0n) is 11.3. The smallest absolute Gasteiger partial charge is 0.315 e. The molecule has 1 atom stereocenters. The third-order valence-electron chi connectivity index (χ3n) is 2.60. The summed E-state index contributed by atoms with van der Waals surface area (Å²) in [5.74, 6) is -0.984. The first kappa shape index (κ1) is 16.2. The van der Waals surface area contributed by atoms with Gasteiger partial charge >= 0.3 is 6.03 Å². The van der Waals surface area contributed by atoms with Crippen LogP contribution in [0.3, 0.4) is 0 Å². The van der Waals surface area contributed by atoms with Gasteiger partial charge in [-0.2, -0.15) is 0 Å². The highest BCUT2D eigenvalue weighted by atomic mass is 35.5. The molecule has 0 aliphatic rings. The molecular formula is C13H17ClFN3O2. The number of amides is 3. The van der Waals surface area contributed by atoms with E-state index in [-0.39, 0.29) is 17.6 Å².